The van der Waals surface area contributed by atoms with Gasteiger partial charge in [-0.05, 0) is 68.8 Å². The van der Waals surface area contributed by atoms with E-state index in [0.717, 1.165) is 49.8 Å². The van der Waals surface area contributed by atoms with Gasteiger partial charge in [-0.1, -0.05) is 13.0 Å². The first-order valence-electron chi connectivity index (χ1n) is 7.73. The van der Waals surface area contributed by atoms with Crippen LogP contribution >= 0.6 is 0 Å². The molecule has 1 aromatic carbocycles. The Labute approximate surface area is 121 Å². The molecule has 1 saturated carbocycles. The molecule has 0 atom stereocenters. The van der Waals surface area contributed by atoms with Crippen LogP contribution in [0.3, 0.4) is 0 Å². The minimum atomic E-state index is -0.664. The van der Waals surface area contributed by atoms with Crippen LogP contribution in [-0.4, -0.2) is 23.3 Å². The number of aryl methyl sites for hydroxylation is 1. The van der Waals surface area contributed by atoms with E-state index in [1.807, 2.05) is 6.92 Å². The van der Waals surface area contributed by atoms with Crippen LogP contribution in [0, 0.1) is 12.7 Å². The smallest absolute Gasteiger partial charge is 0.123 e. The summed E-state index contributed by atoms with van der Waals surface area (Å²) in [4.78, 5) is 0. The average molecular weight is 279 g/mol. The molecule has 1 fully saturated rings. The molecule has 1 aliphatic rings. The first-order chi connectivity index (χ1) is 9.52. The molecule has 2 nitrogen and oxygen atoms in total. The maximum Gasteiger partial charge on any atom is 0.123 e. The van der Waals surface area contributed by atoms with Gasteiger partial charge >= 0.3 is 0 Å². The maximum atomic E-state index is 13.3. The highest BCUT2D eigenvalue weighted by molar-refractivity contribution is 5.28. The molecular weight excluding hydrogens is 253 g/mol. The van der Waals surface area contributed by atoms with Crippen molar-refractivity contribution < 1.29 is 9.50 Å². The van der Waals surface area contributed by atoms with E-state index in [1.165, 1.54) is 6.07 Å². The summed E-state index contributed by atoms with van der Waals surface area (Å²) < 4.78 is 13.3. The van der Waals surface area contributed by atoms with E-state index in [0.29, 0.717) is 12.5 Å². The van der Waals surface area contributed by atoms with Crippen molar-refractivity contribution in [3.63, 3.8) is 0 Å². The normalized spacial score (nSPS) is 26.7. The van der Waals surface area contributed by atoms with Crippen LogP contribution in [-0.2, 0) is 6.42 Å². The summed E-state index contributed by atoms with van der Waals surface area (Å²) in [7, 11) is 0. The van der Waals surface area contributed by atoms with Gasteiger partial charge in [0, 0.05) is 12.5 Å². The second kappa shape index (κ2) is 6.68. The SMILES string of the molecule is CCCNC1CCC(O)(Cc2cc(F)ccc2C)CC1. The van der Waals surface area contributed by atoms with Crippen molar-refractivity contribution in [3.05, 3.63) is 35.1 Å². The van der Waals surface area contributed by atoms with Crippen LogP contribution in [0.5, 0.6) is 0 Å². The van der Waals surface area contributed by atoms with Crippen molar-refractivity contribution in [2.24, 2.45) is 0 Å². The topological polar surface area (TPSA) is 32.3 Å². The van der Waals surface area contributed by atoms with E-state index < -0.39 is 5.60 Å². The number of halogens is 1. The van der Waals surface area contributed by atoms with Crippen molar-refractivity contribution in [1.29, 1.82) is 0 Å². The van der Waals surface area contributed by atoms with Gasteiger partial charge in [-0.15, -0.1) is 0 Å². The lowest BCUT2D eigenvalue weighted by molar-refractivity contribution is -0.00322. The van der Waals surface area contributed by atoms with Crippen molar-refractivity contribution >= 4 is 0 Å². The summed E-state index contributed by atoms with van der Waals surface area (Å²) in [6.07, 6.45) is 5.31. The van der Waals surface area contributed by atoms with Crippen LogP contribution in [0.15, 0.2) is 18.2 Å². The highest BCUT2D eigenvalue weighted by atomic mass is 19.1. The molecule has 0 aliphatic heterocycles. The molecule has 20 heavy (non-hydrogen) atoms. The van der Waals surface area contributed by atoms with E-state index in [1.54, 1.807) is 12.1 Å². The van der Waals surface area contributed by atoms with Gasteiger partial charge < -0.3 is 10.4 Å². The standard InChI is InChI=1S/C17H26FNO/c1-3-10-19-16-6-8-17(20,9-7-16)12-14-11-15(18)5-4-13(14)2/h4-5,11,16,19-20H,3,6-10,12H2,1-2H3. The van der Waals surface area contributed by atoms with E-state index in [2.05, 4.69) is 12.2 Å². The van der Waals surface area contributed by atoms with E-state index in [9.17, 15) is 9.50 Å². The predicted octanol–water partition coefficient (Wildman–Crippen LogP) is 3.35. The molecular formula is C17H26FNO. The third-order valence-electron chi connectivity index (χ3n) is 4.43. The number of hydrogen-bond donors (Lipinski definition) is 2. The Morgan fingerprint density at radius 2 is 2.05 bits per heavy atom. The zero-order valence-corrected chi connectivity index (χ0v) is 12.6. The Hall–Kier alpha value is -0.930. The zero-order chi connectivity index (χ0) is 14.6. The van der Waals surface area contributed by atoms with Crippen molar-refractivity contribution in [1.82, 2.24) is 5.32 Å². The van der Waals surface area contributed by atoms with Gasteiger partial charge in [-0.3, -0.25) is 0 Å². The molecule has 0 bridgehead atoms. The van der Waals surface area contributed by atoms with E-state index in [-0.39, 0.29) is 5.82 Å². The summed E-state index contributed by atoms with van der Waals surface area (Å²) in [5, 5.41) is 14.3. The largest absolute Gasteiger partial charge is 0.390 e. The lowest BCUT2D eigenvalue weighted by atomic mass is 9.78. The number of rotatable bonds is 5. The Morgan fingerprint density at radius 3 is 2.70 bits per heavy atom. The molecule has 112 valence electrons. The third kappa shape index (κ3) is 4.03. The zero-order valence-electron chi connectivity index (χ0n) is 12.6. The van der Waals surface area contributed by atoms with Gasteiger partial charge in [0.15, 0.2) is 0 Å². The molecule has 2 rings (SSSR count). The molecule has 0 unspecified atom stereocenters. The van der Waals surface area contributed by atoms with E-state index >= 15 is 0 Å². The molecule has 1 aliphatic carbocycles. The first kappa shape index (κ1) is 15.5. The second-order valence-corrected chi connectivity index (χ2v) is 6.20. The van der Waals surface area contributed by atoms with Crippen molar-refractivity contribution in [2.45, 2.75) is 64.0 Å². The summed E-state index contributed by atoms with van der Waals surface area (Å²) in [5.41, 5.74) is 1.33. The fraction of sp³-hybridized carbons (Fsp3) is 0.647. The Bertz CT molecular complexity index is 439. The van der Waals surface area contributed by atoms with Crippen LogP contribution in [0.25, 0.3) is 0 Å². The Balaban J connectivity index is 1.94. The fourth-order valence-corrected chi connectivity index (χ4v) is 3.07. The van der Waals surface area contributed by atoms with Gasteiger partial charge in [0.1, 0.15) is 5.82 Å². The van der Waals surface area contributed by atoms with Gasteiger partial charge in [-0.25, -0.2) is 4.39 Å². The summed E-state index contributed by atoms with van der Waals surface area (Å²) in [5.74, 6) is -0.215. The van der Waals surface area contributed by atoms with Gasteiger partial charge in [0.2, 0.25) is 0 Å². The summed E-state index contributed by atoms with van der Waals surface area (Å²) >= 11 is 0. The Kier molecular flexibility index (Phi) is 5.17. The summed E-state index contributed by atoms with van der Waals surface area (Å²) in [6.45, 7) is 5.19. The number of benzene rings is 1. The minimum Gasteiger partial charge on any atom is -0.390 e. The lowest BCUT2D eigenvalue weighted by Gasteiger charge is -2.37. The van der Waals surface area contributed by atoms with Crippen molar-refractivity contribution in [3.8, 4) is 0 Å². The maximum absolute atomic E-state index is 13.3. The molecule has 0 aromatic heterocycles. The molecule has 0 amide bonds. The lowest BCUT2D eigenvalue weighted by Crippen LogP contribution is -2.42. The van der Waals surface area contributed by atoms with Crippen LogP contribution < -0.4 is 5.32 Å². The molecule has 0 spiro atoms. The number of aliphatic hydroxyl groups is 1. The highest BCUT2D eigenvalue weighted by Gasteiger charge is 2.33. The molecule has 0 heterocycles. The quantitative estimate of drug-likeness (QED) is 0.866. The monoisotopic (exact) mass is 279 g/mol. The second-order valence-electron chi connectivity index (χ2n) is 6.20. The highest BCUT2D eigenvalue weighted by Crippen LogP contribution is 2.32. The minimum absolute atomic E-state index is 0.215. The number of hydrogen-bond acceptors (Lipinski definition) is 2. The third-order valence-corrected chi connectivity index (χ3v) is 4.43. The fourth-order valence-electron chi connectivity index (χ4n) is 3.07. The van der Waals surface area contributed by atoms with Gasteiger partial charge in [0.25, 0.3) is 0 Å². The van der Waals surface area contributed by atoms with E-state index in [4.69, 9.17) is 0 Å². The number of nitrogens with one attached hydrogen (secondary N) is 1. The molecule has 2 N–H and O–H groups in total. The predicted molar refractivity (Wildman–Crippen MR) is 80.3 cm³/mol. The van der Waals surface area contributed by atoms with Crippen LogP contribution in [0.4, 0.5) is 4.39 Å². The molecule has 1 aromatic rings. The first-order valence-corrected chi connectivity index (χ1v) is 7.73. The van der Waals surface area contributed by atoms with Gasteiger partial charge in [0.05, 0.1) is 5.60 Å². The molecule has 0 saturated heterocycles. The van der Waals surface area contributed by atoms with Gasteiger partial charge in [-0.2, -0.15) is 0 Å². The van der Waals surface area contributed by atoms with Crippen molar-refractivity contribution in [2.75, 3.05) is 6.54 Å². The summed E-state index contributed by atoms with van der Waals surface area (Å²) in [6, 6.07) is 5.37. The van der Waals surface area contributed by atoms with Crippen LogP contribution in [0.2, 0.25) is 0 Å². The Morgan fingerprint density at radius 1 is 1.35 bits per heavy atom. The molecule has 3 heteroatoms. The molecule has 0 radical (unpaired) electrons. The average Bonchev–Trinajstić information content (AvgIpc) is 2.42. The van der Waals surface area contributed by atoms with Crippen LogP contribution in [0.1, 0.15) is 50.2 Å².